The van der Waals surface area contributed by atoms with Crippen LogP contribution < -0.4 is 0 Å². The van der Waals surface area contributed by atoms with E-state index in [-0.39, 0.29) is 51.8 Å². The molecule has 318 valence electrons. The number of carbonyl (C=O) groups is 3. The van der Waals surface area contributed by atoms with Crippen LogP contribution in [0.1, 0.15) is 138 Å². The second-order valence-corrected chi connectivity index (χ2v) is 22.1. The van der Waals surface area contributed by atoms with Gasteiger partial charge in [-0.3, -0.25) is 19.3 Å². The molecule has 0 unspecified atom stereocenters. The van der Waals surface area contributed by atoms with Crippen molar-refractivity contribution in [3.05, 3.63) is 46.5 Å². The summed E-state index contributed by atoms with van der Waals surface area (Å²) >= 11 is 0. The monoisotopic (exact) mass is 789 g/mol. The van der Waals surface area contributed by atoms with Gasteiger partial charge in [-0.15, -0.1) is 0 Å². The molecule has 57 heavy (non-hydrogen) atoms. The SMILES string of the molecule is Cc1cccc(CN(CCN(C)C)C[C@@H](O)[C@@]23CC[C@]4(C)[C@H](CC[C@@H]5[C@@]6(C)CC[C@H](OC(=O)CC(C)(C)C(=O)O)C(C)(C)[C@@H]6CC[C@]54C)C2=C(C(C)C)C(=O)C3)c1. The number of carboxylic acids is 1. The molecule has 1 aromatic carbocycles. The summed E-state index contributed by atoms with van der Waals surface area (Å²) in [5, 5.41) is 22.4. The molecule has 0 heterocycles. The van der Waals surface area contributed by atoms with Crippen LogP contribution in [0.15, 0.2) is 35.4 Å². The summed E-state index contributed by atoms with van der Waals surface area (Å²) in [6, 6.07) is 8.69. The largest absolute Gasteiger partial charge is 0.481 e. The van der Waals surface area contributed by atoms with Crippen LogP contribution in [-0.2, 0) is 25.7 Å². The number of nitrogens with zero attached hydrogens (tertiary/aromatic N) is 2. The molecule has 0 saturated heterocycles. The number of aliphatic carboxylic acids is 1. The van der Waals surface area contributed by atoms with Crippen molar-refractivity contribution in [3.63, 3.8) is 0 Å². The van der Waals surface area contributed by atoms with Crippen molar-refractivity contribution in [1.29, 1.82) is 0 Å². The van der Waals surface area contributed by atoms with Crippen LogP contribution in [0.25, 0.3) is 0 Å². The Labute approximate surface area is 344 Å². The molecule has 8 nitrogen and oxygen atoms in total. The van der Waals surface area contributed by atoms with E-state index in [1.165, 1.54) is 16.7 Å². The number of ketones is 1. The van der Waals surface area contributed by atoms with E-state index < -0.39 is 28.9 Å². The molecule has 4 saturated carbocycles. The Kier molecular flexibility index (Phi) is 12.0. The first-order chi connectivity index (χ1) is 26.4. The Morgan fingerprint density at radius 3 is 2.26 bits per heavy atom. The lowest BCUT2D eigenvalue weighted by Gasteiger charge is -2.72. The molecule has 8 heteroatoms. The number of likely N-dealkylation sites (N-methyl/N-ethyl adjacent to an activating group) is 1. The van der Waals surface area contributed by atoms with Crippen molar-refractivity contribution in [1.82, 2.24) is 9.80 Å². The summed E-state index contributed by atoms with van der Waals surface area (Å²) in [7, 11) is 4.20. The molecule has 0 spiro atoms. The number of aliphatic hydroxyl groups excluding tert-OH is 1. The van der Waals surface area contributed by atoms with E-state index in [4.69, 9.17) is 4.74 Å². The molecule has 0 amide bonds. The average Bonchev–Trinajstić information content (AvgIpc) is 3.42. The predicted molar refractivity (Wildman–Crippen MR) is 226 cm³/mol. The number of allylic oxidation sites excluding steroid dienone is 1. The van der Waals surface area contributed by atoms with Gasteiger partial charge in [-0.25, -0.2) is 0 Å². The average molecular weight is 789 g/mol. The summed E-state index contributed by atoms with van der Waals surface area (Å²) in [6.07, 6.45) is 7.27. The number of aliphatic hydroxyl groups is 1. The molecule has 0 aromatic heterocycles. The van der Waals surface area contributed by atoms with Crippen LogP contribution in [0.4, 0.5) is 0 Å². The molecule has 2 N–H and O–H groups in total. The van der Waals surface area contributed by atoms with Crippen molar-refractivity contribution in [2.45, 2.75) is 152 Å². The summed E-state index contributed by atoms with van der Waals surface area (Å²) < 4.78 is 6.20. The predicted octanol–water partition coefficient (Wildman–Crippen LogP) is 9.11. The molecular weight excluding hydrogens is 713 g/mol. The van der Waals surface area contributed by atoms with Crippen molar-refractivity contribution >= 4 is 17.7 Å². The fourth-order valence-corrected chi connectivity index (χ4v) is 14.0. The lowest BCUT2D eigenvalue weighted by atomic mass is 9.33. The highest BCUT2D eigenvalue weighted by atomic mass is 16.5. The van der Waals surface area contributed by atoms with Gasteiger partial charge in [-0.05, 0) is 137 Å². The van der Waals surface area contributed by atoms with Gasteiger partial charge in [0.1, 0.15) is 6.10 Å². The van der Waals surface area contributed by atoms with E-state index in [1.54, 1.807) is 13.8 Å². The minimum atomic E-state index is -1.17. The van der Waals surface area contributed by atoms with Crippen LogP contribution in [0.5, 0.6) is 0 Å². The van der Waals surface area contributed by atoms with Crippen LogP contribution in [0, 0.1) is 63.1 Å². The summed E-state index contributed by atoms with van der Waals surface area (Å²) in [5.74, 6) is 0.0689. The molecule has 0 aliphatic heterocycles. The number of benzene rings is 1. The Morgan fingerprint density at radius 1 is 0.930 bits per heavy atom. The number of aryl methyl sites for hydroxylation is 1. The van der Waals surface area contributed by atoms with E-state index in [0.717, 1.165) is 76.6 Å². The van der Waals surface area contributed by atoms with E-state index in [1.807, 2.05) is 0 Å². The molecule has 0 bridgehead atoms. The lowest BCUT2D eigenvalue weighted by Crippen LogP contribution is -2.66. The number of rotatable bonds is 13. The van der Waals surface area contributed by atoms with Gasteiger partial charge in [0, 0.05) is 43.4 Å². The van der Waals surface area contributed by atoms with Crippen molar-refractivity contribution in [2.75, 3.05) is 33.7 Å². The molecule has 4 fully saturated rings. The number of Topliss-reactive ketones (excluding diaryl/α,β-unsaturated/α-hetero) is 1. The van der Waals surface area contributed by atoms with E-state index >= 15 is 0 Å². The van der Waals surface area contributed by atoms with Gasteiger partial charge >= 0.3 is 11.9 Å². The fourth-order valence-electron chi connectivity index (χ4n) is 14.0. The Hall–Kier alpha value is -2.55. The highest BCUT2D eigenvalue weighted by Crippen LogP contribution is 2.77. The molecule has 5 aliphatic carbocycles. The third kappa shape index (κ3) is 7.49. The van der Waals surface area contributed by atoms with Crippen molar-refractivity contribution in [2.24, 2.45) is 56.2 Å². The fraction of sp³-hybridized carbons (Fsp3) is 0.776. The minimum Gasteiger partial charge on any atom is -0.481 e. The zero-order valence-electron chi connectivity index (χ0n) is 37.6. The zero-order chi connectivity index (χ0) is 42.1. The smallest absolute Gasteiger partial charge is 0.309 e. The van der Waals surface area contributed by atoms with E-state index in [2.05, 4.69) is 104 Å². The second-order valence-electron chi connectivity index (χ2n) is 22.1. The lowest BCUT2D eigenvalue weighted by molar-refractivity contribution is -0.235. The molecule has 6 rings (SSSR count). The van der Waals surface area contributed by atoms with Gasteiger partial charge in [0.15, 0.2) is 5.78 Å². The molecule has 0 radical (unpaired) electrons. The number of hydrogen-bond acceptors (Lipinski definition) is 7. The number of hydrogen-bond donors (Lipinski definition) is 2. The molecular formula is C49H76N2O6. The maximum atomic E-state index is 14.3. The maximum absolute atomic E-state index is 14.3. The number of fused-ring (bicyclic) bond motifs is 7. The third-order valence-corrected chi connectivity index (χ3v) is 17.3. The summed E-state index contributed by atoms with van der Waals surface area (Å²) in [4.78, 5) is 43.9. The summed E-state index contributed by atoms with van der Waals surface area (Å²) in [5.41, 5.74) is 2.97. The topological polar surface area (TPSA) is 107 Å². The number of carbonyl (C=O) groups excluding carboxylic acids is 2. The first-order valence-corrected chi connectivity index (χ1v) is 22.2. The maximum Gasteiger partial charge on any atom is 0.309 e. The molecule has 1 aromatic rings. The standard InChI is InChI=1S/C49H76N2O6/c1-31(2)41-35(52)27-49(38(53)30-51(25-24-50(11)12)29-33-15-13-14-32(3)26-33)23-22-47(9)34(42(41)49)16-17-37-46(8)20-19-39(57-40(54)28-44(4,5)43(55)56)45(6,7)36(46)18-21-48(37,47)10/h13-15,26,31,34,36-39,53H,16-25,27-30H2,1-12H3,(H,55,56)/t34-,36+,37-,38-,39+,46+,47-,48-,49+/m1/s1. The Balaban J connectivity index is 1.29. The van der Waals surface area contributed by atoms with Gasteiger partial charge in [-0.2, -0.15) is 0 Å². The van der Waals surface area contributed by atoms with E-state index in [9.17, 15) is 24.6 Å². The van der Waals surface area contributed by atoms with Gasteiger partial charge in [0.2, 0.25) is 0 Å². The first-order valence-electron chi connectivity index (χ1n) is 22.2. The van der Waals surface area contributed by atoms with Gasteiger partial charge in [0.25, 0.3) is 0 Å². The van der Waals surface area contributed by atoms with Gasteiger partial charge in [-0.1, -0.05) is 83.9 Å². The Morgan fingerprint density at radius 2 is 1.63 bits per heavy atom. The molecule has 9 atom stereocenters. The molecule has 5 aliphatic rings. The first kappa shape index (κ1) is 44.0. The number of esters is 1. The number of carboxylic acid groups (broad SMARTS) is 1. The normalized spacial score (nSPS) is 35.5. The van der Waals surface area contributed by atoms with Crippen LogP contribution in [-0.4, -0.2) is 83.7 Å². The highest BCUT2D eigenvalue weighted by molar-refractivity contribution is 6.00. The van der Waals surface area contributed by atoms with Crippen LogP contribution in [0.3, 0.4) is 0 Å². The number of ether oxygens (including phenoxy) is 1. The van der Waals surface area contributed by atoms with Crippen molar-refractivity contribution in [3.8, 4) is 0 Å². The highest BCUT2D eigenvalue weighted by Gasteiger charge is 2.71. The van der Waals surface area contributed by atoms with Crippen LogP contribution in [0.2, 0.25) is 0 Å². The van der Waals surface area contributed by atoms with Gasteiger partial charge in [0.05, 0.1) is 17.9 Å². The zero-order valence-corrected chi connectivity index (χ0v) is 37.6. The minimum absolute atomic E-state index is 0.0186. The van der Waals surface area contributed by atoms with Gasteiger partial charge < -0.3 is 19.8 Å². The third-order valence-electron chi connectivity index (χ3n) is 17.3. The Bertz CT molecular complexity index is 1750. The van der Waals surface area contributed by atoms with E-state index in [0.29, 0.717) is 24.8 Å². The quantitative estimate of drug-likeness (QED) is 0.191. The second kappa shape index (κ2) is 15.5. The van der Waals surface area contributed by atoms with Crippen LogP contribution >= 0.6 is 0 Å². The van der Waals surface area contributed by atoms with Crippen molar-refractivity contribution < 1.29 is 29.3 Å². The summed E-state index contributed by atoms with van der Waals surface area (Å²) in [6.45, 7) is 25.0.